The standard InChI is InChI=1S/C18H17FN2O3S/c1-12-17(14-5-7-15(19)8-6-14)25(22,23)21-18(12)20-11-13-3-9-16(24-2)10-4-13/h3-10H,11H2,1-2H3,(H,20,21). The molecule has 0 unspecified atom stereocenters. The largest absolute Gasteiger partial charge is 0.497 e. The van der Waals surface area contributed by atoms with Crippen LogP contribution in [0.5, 0.6) is 5.75 Å². The average molecular weight is 360 g/mol. The van der Waals surface area contributed by atoms with Gasteiger partial charge in [-0.05, 0) is 42.3 Å². The van der Waals surface area contributed by atoms with Crippen molar-refractivity contribution >= 4 is 20.8 Å². The Kier molecular flexibility index (Phi) is 4.59. The van der Waals surface area contributed by atoms with Crippen molar-refractivity contribution < 1.29 is 17.5 Å². The summed E-state index contributed by atoms with van der Waals surface area (Å²) in [5.74, 6) is 0.626. The predicted octanol–water partition coefficient (Wildman–Crippen LogP) is 3.10. The molecule has 0 aromatic heterocycles. The van der Waals surface area contributed by atoms with E-state index in [1.54, 1.807) is 14.0 Å². The molecule has 1 aliphatic heterocycles. The van der Waals surface area contributed by atoms with Gasteiger partial charge in [0.1, 0.15) is 22.3 Å². The first-order chi connectivity index (χ1) is 11.9. The molecule has 1 heterocycles. The third kappa shape index (κ3) is 3.56. The summed E-state index contributed by atoms with van der Waals surface area (Å²) in [6.45, 7) is 2.01. The average Bonchev–Trinajstić information content (AvgIpc) is 2.83. The molecule has 1 N–H and O–H groups in total. The molecule has 0 fully saturated rings. The third-order valence-corrected chi connectivity index (χ3v) is 5.42. The Labute approximate surface area is 145 Å². The molecule has 1 aliphatic rings. The van der Waals surface area contributed by atoms with Crippen LogP contribution in [0.15, 0.2) is 59.1 Å². The molecule has 0 amide bonds. The highest BCUT2D eigenvalue weighted by molar-refractivity contribution is 8.00. The number of nitrogens with zero attached hydrogens (tertiary/aromatic N) is 1. The van der Waals surface area contributed by atoms with Crippen LogP contribution in [0.4, 0.5) is 4.39 Å². The van der Waals surface area contributed by atoms with E-state index in [1.807, 2.05) is 24.3 Å². The smallest absolute Gasteiger partial charge is 0.264 e. The number of sulfonamides is 1. The molecule has 0 bridgehead atoms. The highest BCUT2D eigenvalue weighted by atomic mass is 32.2. The van der Waals surface area contributed by atoms with Crippen LogP contribution in [-0.2, 0) is 16.6 Å². The Morgan fingerprint density at radius 2 is 1.72 bits per heavy atom. The zero-order valence-electron chi connectivity index (χ0n) is 13.8. The molecule has 130 valence electrons. The van der Waals surface area contributed by atoms with Crippen molar-refractivity contribution in [3.63, 3.8) is 0 Å². The molecular weight excluding hydrogens is 343 g/mol. The lowest BCUT2D eigenvalue weighted by molar-refractivity contribution is 0.414. The fraction of sp³-hybridized carbons (Fsp3) is 0.167. The molecule has 0 saturated heterocycles. The van der Waals surface area contributed by atoms with E-state index in [9.17, 15) is 12.8 Å². The van der Waals surface area contributed by atoms with Gasteiger partial charge in [0.15, 0.2) is 0 Å². The Morgan fingerprint density at radius 1 is 1.08 bits per heavy atom. The van der Waals surface area contributed by atoms with Gasteiger partial charge >= 0.3 is 0 Å². The molecule has 2 aromatic rings. The van der Waals surface area contributed by atoms with Crippen LogP contribution in [0.1, 0.15) is 18.1 Å². The number of hydrogen-bond acceptors (Lipinski definition) is 4. The topological polar surface area (TPSA) is 67.8 Å². The first-order valence-corrected chi connectivity index (χ1v) is 9.06. The summed E-state index contributed by atoms with van der Waals surface area (Å²) in [6.07, 6.45) is 0. The van der Waals surface area contributed by atoms with Gasteiger partial charge < -0.3 is 4.74 Å². The second kappa shape index (κ2) is 6.68. The van der Waals surface area contributed by atoms with Crippen molar-refractivity contribution in [1.29, 1.82) is 0 Å². The summed E-state index contributed by atoms with van der Waals surface area (Å²) in [5, 5.41) is 0. The second-order valence-electron chi connectivity index (χ2n) is 5.58. The highest BCUT2D eigenvalue weighted by Crippen LogP contribution is 2.30. The zero-order chi connectivity index (χ0) is 18.0. The first-order valence-electron chi connectivity index (χ1n) is 7.58. The number of benzene rings is 2. The normalized spacial score (nSPS) is 17.6. The molecule has 0 radical (unpaired) electrons. The number of methoxy groups -OCH3 is 1. The van der Waals surface area contributed by atoms with Crippen LogP contribution in [-0.4, -0.2) is 21.4 Å². The van der Waals surface area contributed by atoms with Crippen LogP contribution in [0.25, 0.3) is 4.91 Å². The van der Waals surface area contributed by atoms with Gasteiger partial charge in [0.2, 0.25) is 0 Å². The summed E-state index contributed by atoms with van der Waals surface area (Å²) in [4.78, 5) is 4.50. The van der Waals surface area contributed by atoms with Crippen LogP contribution >= 0.6 is 0 Å². The van der Waals surface area contributed by atoms with E-state index < -0.39 is 15.8 Å². The van der Waals surface area contributed by atoms with Gasteiger partial charge in [0.25, 0.3) is 10.0 Å². The molecule has 0 atom stereocenters. The molecule has 0 spiro atoms. The van der Waals surface area contributed by atoms with E-state index in [4.69, 9.17) is 4.74 Å². The monoisotopic (exact) mass is 360 g/mol. The summed E-state index contributed by atoms with van der Waals surface area (Å²) in [6, 6.07) is 12.7. The van der Waals surface area contributed by atoms with Gasteiger partial charge in [0.05, 0.1) is 13.7 Å². The molecule has 3 rings (SSSR count). The minimum atomic E-state index is -3.71. The quantitative estimate of drug-likeness (QED) is 0.911. The van der Waals surface area contributed by atoms with Crippen molar-refractivity contribution in [2.75, 3.05) is 7.11 Å². The summed E-state index contributed by atoms with van der Waals surface area (Å²) < 4.78 is 45.5. The van der Waals surface area contributed by atoms with E-state index in [-0.39, 0.29) is 4.91 Å². The molecule has 25 heavy (non-hydrogen) atoms. The molecule has 7 heteroatoms. The molecule has 0 saturated carbocycles. The first kappa shape index (κ1) is 17.2. The van der Waals surface area contributed by atoms with E-state index in [1.165, 1.54) is 24.3 Å². The summed E-state index contributed by atoms with van der Waals surface area (Å²) >= 11 is 0. The third-order valence-electron chi connectivity index (χ3n) is 3.88. The maximum absolute atomic E-state index is 13.1. The lowest BCUT2D eigenvalue weighted by Crippen LogP contribution is -2.23. The van der Waals surface area contributed by atoms with Crippen LogP contribution in [0.3, 0.4) is 0 Å². The van der Waals surface area contributed by atoms with E-state index in [0.717, 1.165) is 11.3 Å². The van der Waals surface area contributed by atoms with E-state index in [0.29, 0.717) is 23.5 Å². The lowest BCUT2D eigenvalue weighted by atomic mass is 10.1. The van der Waals surface area contributed by atoms with Gasteiger partial charge in [-0.2, -0.15) is 0 Å². The van der Waals surface area contributed by atoms with Crippen LogP contribution in [0.2, 0.25) is 0 Å². The van der Waals surface area contributed by atoms with Gasteiger partial charge in [-0.15, -0.1) is 0 Å². The van der Waals surface area contributed by atoms with Gasteiger partial charge in [0, 0.05) is 5.57 Å². The van der Waals surface area contributed by atoms with E-state index in [2.05, 4.69) is 9.71 Å². The Morgan fingerprint density at radius 3 is 2.32 bits per heavy atom. The Balaban J connectivity index is 1.91. The fourth-order valence-corrected chi connectivity index (χ4v) is 4.11. The fourth-order valence-electron chi connectivity index (χ4n) is 2.59. The SMILES string of the molecule is COc1ccc(CN=C2NS(=O)(=O)C(c3ccc(F)cc3)=C2C)cc1. The van der Waals surface area contributed by atoms with E-state index >= 15 is 0 Å². The number of ether oxygens (including phenoxy) is 1. The Hall–Kier alpha value is -2.67. The lowest BCUT2D eigenvalue weighted by Gasteiger charge is -2.03. The predicted molar refractivity (Wildman–Crippen MR) is 95.2 cm³/mol. The maximum atomic E-state index is 13.1. The molecule has 0 aliphatic carbocycles. The second-order valence-corrected chi connectivity index (χ2v) is 7.20. The number of rotatable bonds is 4. The minimum absolute atomic E-state index is 0.126. The Bertz CT molecular complexity index is 947. The number of nitrogens with one attached hydrogen (secondary N) is 1. The van der Waals surface area contributed by atoms with Gasteiger partial charge in [-0.1, -0.05) is 24.3 Å². The number of halogens is 1. The van der Waals surface area contributed by atoms with Crippen LogP contribution < -0.4 is 9.46 Å². The van der Waals surface area contributed by atoms with Crippen molar-refractivity contribution in [2.45, 2.75) is 13.5 Å². The maximum Gasteiger partial charge on any atom is 0.264 e. The molecular formula is C18H17FN2O3S. The molecule has 2 aromatic carbocycles. The van der Waals surface area contributed by atoms with Crippen molar-refractivity contribution in [3.05, 3.63) is 71.0 Å². The highest BCUT2D eigenvalue weighted by Gasteiger charge is 2.32. The summed E-state index contributed by atoms with van der Waals surface area (Å²) in [7, 11) is -2.12. The molecule has 5 nitrogen and oxygen atoms in total. The van der Waals surface area contributed by atoms with Crippen molar-refractivity contribution in [3.8, 4) is 5.75 Å². The number of aliphatic imine (C=N–C) groups is 1. The number of hydrogen-bond donors (Lipinski definition) is 1. The van der Waals surface area contributed by atoms with Crippen molar-refractivity contribution in [2.24, 2.45) is 4.99 Å². The van der Waals surface area contributed by atoms with Crippen molar-refractivity contribution in [1.82, 2.24) is 4.72 Å². The zero-order valence-corrected chi connectivity index (χ0v) is 14.6. The van der Waals surface area contributed by atoms with Gasteiger partial charge in [-0.25, -0.2) is 12.8 Å². The number of amidine groups is 1. The van der Waals surface area contributed by atoms with Crippen LogP contribution in [0, 0.1) is 5.82 Å². The minimum Gasteiger partial charge on any atom is -0.497 e. The van der Waals surface area contributed by atoms with Gasteiger partial charge in [-0.3, -0.25) is 9.71 Å². The summed E-state index contributed by atoms with van der Waals surface area (Å²) in [5.41, 5.74) is 1.87.